The maximum absolute atomic E-state index is 9.40. The van der Waals surface area contributed by atoms with Crippen molar-refractivity contribution in [2.45, 2.75) is 26.2 Å². The second-order valence-electron chi connectivity index (χ2n) is 7.16. The van der Waals surface area contributed by atoms with Gasteiger partial charge in [-0.05, 0) is 26.2 Å². The molecule has 0 radical (unpaired) electrons. The molecule has 29 heavy (non-hydrogen) atoms. The van der Waals surface area contributed by atoms with E-state index in [1.54, 1.807) is 21.3 Å². The van der Waals surface area contributed by atoms with Crippen LogP contribution in [-0.2, 0) is 11.2 Å². The number of ether oxygens (including phenoxy) is 4. The Balaban J connectivity index is 2.04. The van der Waals surface area contributed by atoms with Crippen molar-refractivity contribution in [1.29, 1.82) is 0 Å². The van der Waals surface area contributed by atoms with Crippen molar-refractivity contribution in [1.82, 2.24) is 10.6 Å². The van der Waals surface area contributed by atoms with Crippen molar-refractivity contribution in [2.24, 2.45) is 10.4 Å². The highest BCUT2D eigenvalue weighted by molar-refractivity contribution is 5.79. The van der Waals surface area contributed by atoms with Crippen LogP contribution in [0.3, 0.4) is 0 Å². The molecule has 0 saturated carbocycles. The van der Waals surface area contributed by atoms with Gasteiger partial charge >= 0.3 is 0 Å². The highest BCUT2D eigenvalue weighted by atomic mass is 16.5. The van der Waals surface area contributed by atoms with E-state index in [-0.39, 0.29) is 12.0 Å². The van der Waals surface area contributed by atoms with Gasteiger partial charge in [-0.3, -0.25) is 4.99 Å². The molecule has 1 unspecified atom stereocenters. The molecular weight excluding hydrogens is 374 g/mol. The summed E-state index contributed by atoms with van der Waals surface area (Å²) in [6.45, 7) is 5.62. The molecule has 8 nitrogen and oxygen atoms in total. The van der Waals surface area contributed by atoms with Crippen LogP contribution in [0.1, 0.15) is 25.3 Å². The molecule has 0 aliphatic carbocycles. The summed E-state index contributed by atoms with van der Waals surface area (Å²) in [6, 6.07) is 3.71. The SMILES string of the molecule is CCNC(=NCC1(CCO)CCOC1)NCCc1c(OC)cc(OC)cc1OC. The minimum atomic E-state index is -0.0699. The van der Waals surface area contributed by atoms with Gasteiger partial charge in [0, 0.05) is 49.4 Å². The minimum absolute atomic E-state index is 0.0699. The number of aliphatic imine (C=N–C) groups is 1. The summed E-state index contributed by atoms with van der Waals surface area (Å²) in [5.74, 6) is 2.91. The van der Waals surface area contributed by atoms with E-state index >= 15 is 0 Å². The van der Waals surface area contributed by atoms with Crippen LogP contribution in [0.25, 0.3) is 0 Å². The molecule has 1 aliphatic heterocycles. The minimum Gasteiger partial charge on any atom is -0.496 e. The van der Waals surface area contributed by atoms with Gasteiger partial charge in [0.2, 0.25) is 0 Å². The number of benzene rings is 1. The number of nitrogens with one attached hydrogen (secondary N) is 2. The van der Waals surface area contributed by atoms with Gasteiger partial charge in [-0.15, -0.1) is 0 Å². The molecular formula is C21H35N3O5. The van der Waals surface area contributed by atoms with Gasteiger partial charge in [0.1, 0.15) is 17.2 Å². The first-order chi connectivity index (χ1) is 14.1. The van der Waals surface area contributed by atoms with Gasteiger partial charge in [-0.2, -0.15) is 0 Å². The van der Waals surface area contributed by atoms with Gasteiger partial charge in [-0.25, -0.2) is 0 Å². The van der Waals surface area contributed by atoms with Crippen LogP contribution in [0.4, 0.5) is 0 Å². The van der Waals surface area contributed by atoms with Crippen molar-refractivity contribution in [2.75, 3.05) is 60.8 Å². The number of nitrogens with zero attached hydrogens (tertiary/aromatic N) is 1. The number of methoxy groups -OCH3 is 3. The summed E-state index contributed by atoms with van der Waals surface area (Å²) in [7, 11) is 4.90. The van der Waals surface area contributed by atoms with Crippen molar-refractivity contribution in [3.63, 3.8) is 0 Å². The molecule has 3 N–H and O–H groups in total. The lowest BCUT2D eigenvalue weighted by Gasteiger charge is -2.25. The molecule has 1 fully saturated rings. The van der Waals surface area contributed by atoms with Crippen molar-refractivity contribution in [3.05, 3.63) is 17.7 Å². The first kappa shape index (κ1) is 23.1. The molecule has 1 aromatic carbocycles. The number of aliphatic hydroxyl groups excluding tert-OH is 1. The van der Waals surface area contributed by atoms with Crippen LogP contribution >= 0.6 is 0 Å². The zero-order valence-corrected chi connectivity index (χ0v) is 18.0. The molecule has 0 aromatic heterocycles. The third kappa shape index (κ3) is 6.40. The Morgan fingerprint density at radius 1 is 1.17 bits per heavy atom. The van der Waals surface area contributed by atoms with Crippen LogP contribution in [0, 0.1) is 5.41 Å². The molecule has 1 saturated heterocycles. The maximum Gasteiger partial charge on any atom is 0.191 e. The Hall–Kier alpha value is -2.19. The fourth-order valence-electron chi connectivity index (χ4n) is 3.51. The average Bonchev–Trinajstić information content (AvgIpc) is 3.20. The lowest BCUT2D eigenvalue weighted by Crippen LogP contribution is -2.39. The number of rotatable bonds is 11. The summed E-state index contributed by atoms with van der Waals surface area (Å²) in [5, 5.41) is 16.1. The Kier molecular flexibility index (Phi) is 9.34. The Morgan fingerprint density at radius 2 is 1.90 bits per heavy atom. The summed E-state index contributed by atoms with van der Waals surface area (Å²) in [6.07, 6.45) is 2.33. The second-order valence-corrected chi connectivity index (χ2v) is 7.16. The fraction of sp³-hybridized carbons (Fsp3) is 0.667. The van der Waals surface area contributed by atoms with E-state index < -0.39 is 0 Å². The van der Waals surface area contributed by atoms with Gasteiger partial charge < -0.3 is 34.7 Å². The van der Waals surface area contributed by atoms with E-state index in [9.17, 15) is 5.11 Å². The van der Waals surface area contributed by atoms with E-state index in [0.717, 1.165) is 42.6 Å². The molecule has 0 amide bonds. The van der Waals surface area contributed by atoms with Crippen molar-refractivity contribution < 1.29 is 24.1 Å². The summed E-state index contributed by atoms with van der Waals surface area (Å²) in [4.78, 5) is 4.75. The van der Waals surface area contributed by atoms with E-state index in [4.69, 9.17) is 23.9 Å². The van der Waals surface area contributed by atoms with E-state index in [1.165, 1.54) is 0 Å². The zero-order valence-electron chi connectivity index (χ0n) is 18.0. The molecule has 1 aliphatic rings. The lowest BCUT2D eigenvalue weighted by molar-refractivity contribution is 0.131. The quantitative estimate of drug-likeness (QED) is 0.378. The molecule has 1 heterocycles. The third-order valence-corrected chi connectivity index (χ3v) is 5.23. The van der Waals surface area contributed by atoms with Gasteiger partial charge in [-0.1, -0.05) is 0 Å². The summed E-state index contributed by atoms with van der Waals surface area (Å²) in [5.41, 5.74) is 0.902. The third-order valence-electron chi connectivity index (χ3n) is 5.23. The molecule has 164 valence electrons. The predicted molar refractivity (Wildman–Crippen MR) is 113 cm³/mol. The lowest BCUT2D eigenvalue weighted by atomic mass is 9.84. The van der Waals surface area contributed by atoms with E-state index in [2.05, 4.69) is 10.6 Å². The average molecular weight is 410 g/mol. The molecule has 2 rings (SSSR count). The summed E-state index contributed by atoms with van der Waals surface area (Å²) >= 11 is 0. The number of hydrogen-bond donors (Lipinski definition) is 3. The fourth-order valence-corrected chi connectivity index (χ4v) is 3.51. The first-order valence-corrected chi connectivity index (χ1v) is 10.1. The Morgan fingerprint density at radius 3 is 2.41 bits per heavy atom. The van der Waals surface area contributed by atoms with Gasteiger partial charge in [0.15, 0.2) is 5.96 Å². The number of aliphatic hydroxyl groups is 1. The molecule has 1 atom stereocenters. The first-order valence-electron chi connectivity index (χ1n) is 10.1. The Bertz CT molecular complexity index is 635. The largest absolute Gasteiger partial charge is 0.496 e. The molecule has 0 spiro atoms. The molecule has 8 heteroatoms. The normalized spacial score (nSPS) is 19.1. The summed E-state index contributed by atoms with van der Waals surface area (Å²) < 4.78 is 21.9. The van der Waals surface area contributed by atoms with Crippen LogP contribution in [0.5, 0.6) is 17.2 Å². The van der Waals surface area contributed by atoms with Crippen molar-refractivity contribution >= 4 is 5.96 Å². The van der Waals surface area contributed by atoms with Gasteiger partial charge in [0.25, 0.3) is 0 Å². The number of hydrogen-bond acceptors (Lipinski definition) is 6. The molecule has 1 aromatic rings. The monoisotopic (exact) mass is 409 g/mol. The highest BCUT2D eigenvalue weighted by Crippen LogP contribution is 2.34. The predicted octanol–water partition coefficient (Wildman–Crippen LogP) is 1.60. The van der Waals surface area contributed by atoms with Crippen LogP contribution in [0.2, 0.25) is 0 Å². The smallest absolute Gasteiger partial charge is 0.191 e. The van der Waals surface area contributed by atoms with Crippen LogP contribution in [-0.4, -0.2) is 71.9 Å². The topological polar surface area (TPSA) is 93.6 Å². The highest BCUT2D eigenvalue weighted by Gasteiger charge is 2.34. The zero-order chi connectivity index (χ0) is 21.1. The molecule has 0 bridgehead atoms. The maximum atomic E-state index is 9.40. The number of guanidine groups is 1. The van der Waals surface area contributed by atoms with Crippen LogP contribution < -0.4 is 24.8 Å². The standard InChI is InChI=1S/C21H35N3O5/c1-5-22-20(24-14-21(7-10-25)8-11-29-15-21)23-9-6-17-18(27-3)12-16(26-2)13-19(17)28-4/h12-13,25H,5-11,14-15H2,1-4H3,(H2,22,23,24). The second kappa shape index (κ2) is 11.7. The Labute approximate surface area is 173 Å². The van der Waals surface area contributed by atoms with E-state index in [0.29, 0.717) is 38.3 Å². The van der Waals surface area contributed by atoms with Crippen molar-refractivity contribution in [3.8, 4) is 17.2 Å². The van der Waals surface area contributed by atoms with E-state index in [1.807, 2.05) is 19.1 Å². The van der Waals surface area contributed by atoms with Gasteiger partial charge in [0.05, 0.1) is 34.5 Å². The van der Waals surface area contributed by atoms with Crippen LogP contribution in [0.15, 0.2) is 17.1 Å².